The number of nitrogens with one attached hydrogen (secondary N) is 1. The summed E-state index contributed by atoms with van der Waals surface area (Å²) in [6.45, 7) is 7.23. The van der Waals surface area contributed by atoms with Crippen molar-refractivity contribution in [3.8, 4) is 6.07 Å². The molecule has 0 aromatic heterocycles. The Labute approximate surface area is 108 Å². The van der Waals surface area contributed by atoms with Crippen molar-refractivity contribution < 1.29 is 0 Å². The van der Waals surface area contributed by atoms with E-state index < -0.39 is 0 Å². The number of hydrogen-bond donors (Lipinski definition) is 1. The van der Waals surface area contributed by atoms with Gasteiger partial charge in [-0.15, -0.1) is 11.8 Å². The second kappa shape index (κ2) is 7.37. The Bertz CT molecular complexity index is 396. The van der Waals surface area contributed by atoms with E-state index in [1.807, 2.05) is 0 Å². The number of thioether (sulfide) groups is 1. The molecule has 1 unspecified atom stereocenters. The number of hydrogen-bond acceptors (Lipinski definition) is 3. The van der Waals surface area contributed by atoms with Gasteiger partial charge in [0.05, 0.1) is 6.07 Å². The van der Waals surface area contributed by atoms with Gasteiger partial charge in [0.25, 0.3) is 0 Å². The van der Waals surface area contributed by atoms with Crippen molar-refractivity contribution in [1.29, 1.82) is 5.26 Å². The molecule has 0 saturated carbocycles. The van der Waals surface area contributed by atoms with Gasteiger partial charge in [-0.3, -0.25) is 0 Å². The predicted octanol–water partition coefficient (Wildman–Crippen LogP) is 3.29. The summed E-state index contributed by atoms with van der Waals surface area (Å²) < 4.78 is 0. The van der Waals surface area contributed by atoms with Gasteiger partial charge < -0.3 is 5.32 Å². The molecule has 0 fully saturated rings. The number of nitriles is 1. The molecule has 0 aliphatic rings. The lowest BCUT2D eigenvalue weighted by Gasteiger charge is -2.11. The highest BCUT2D eigenvalue weighted by molar-refractivity contribution is 7.99. The van der Waals surface area contributed by atoms with Gasteiger partial charge in [0, 0.05) is 10.6 Å². The Hall–Kier alpha value is -0.980. The van der Waals surface area contributed by atoms with Crippen LogP contribution in [-0.4, -0.2) is 18.3 Å². The summed E-state index contributed by atoms with van der Waals surface area (Å²) in [5, 5.41) is 12.3. The second-order valence-electron chi connectivity index (χ2n) is 4.22. The normalized spacial score (nSPS) is 12.1. The van der Waals surface area contributed by atoms with Crippen molar-refractivity contribution in [2.45, 2.75) is 38.1 Å². The summed E-state index contributed by atoms with van der Waals surface area (Å²) >= 11 is 1.76. The second-order valence-corrected chi connectivity index (χ2v) is 5.28. The van der Waals surface area contributed by atoms with E-state index in [9.17, 15) is 0 Å². The average Bonchev–Trinajstić information content (AvgIpc) is 2.33. The summed E-state index contributed by atoms with van der Waals surface area (Å²) in [4.78, 5) is 1.28. The summed E-state index contributed by atoms with van der Waals surface area (Å²) in [5.74, 6) is 0.806. The molecule has 3 heteroatoms. The summed E-state index contributed by atoms with van der Waals surface area (Å²) in [6, 6.07) is 8.70. The zero-order valence-electron chi connectivity index (χ0n) is 10.8. The quantitative estimate of drug-likeness (QED) is 0.785. The monoisotopic (exact) mass is 248 g/mol. The molecule has 0 amide bonds. The maximum atomic E-state index is 9.03. The topological polar surface area (TPSA) is 35.8 Å². The van der Waals surface area contributed by atoms with Crippen molar-refractivity contribution in [1.82, 2.24) is 5.32 Å². The fraction of sp³-hybridized carbons (Fsp3) is 0.500. The molecule has 0 heterocycles. The van der Waals surface area contributed by atoms with Crippen LogP contribution in [0.3, 0.4) is 0 Å². The molecule has 2 nitrogen and oxygen atoms in total. The van der Waals surface area contributed by atoms with Gasteiger partial charge in [0.1, 0.15) is 6.04 Å². The van der Waals surface area contributed by atoms with E-state index in [2.05, 4.69) is 50.4 Å². The molecule has 1 aromatic rings. The van der Waals surface area contributed by atoms with E-state index in [-0.39, 0.29) is 6.04 Å². The van der Waals surface area contributed by atoms with Crippen LogP contribution in [0.4, 0.5) is 0 Å². The minimum atomic E-state index is -0.0557. The van der Waals surface area contributed by atoms with Crippen molar-refractivity contribution in [3.63, 3.8) is 0 Å². The highest BCUT2D eigenvalue weighted by Gasteiger charge is 2.07. The van der Waals surface area contributed by atoms with E-state index in [1.54, 1.807) is 11.8 Å². The third-order valence-electron chi connectivity index (χ3n) is 2.55. The van der Waals surface area contributed by atoms with Crippen LogP contribution in [0.1, 0.15) is 24.5 Å². The Kier molecular flexibility index (Phi) is 6.10. The van der Waals surface area contributed by atoms with Gasteiger partial charge in [-0.25, -0.2) is 0 Å². The van der Waals surface area contributed by atoms with Crippen molar-refractivity contribution >= 4 is 11.8 Å². The molecule has 0 spiro atoms. The van der Waals surface area contributed by atoms with E-state index in [1.165, 1.54) is 16.0 Å². The molecule has 1 atom stereocenters. The Morgan fingerprint density at radius 2 is 2.18 bits per heavy atom. The van der Waals surface area contributed by atoms with Gasteiger partial charge in [-0.05, 0) is 38.4 Å². The maximum absolute atomic E-state index is 9.03. The lowest BCUT2D eigenvalue weighted by Crippen LogP contribution is -2.30. The molecule has 1 rings (SSSR count). The molecule has 0 aliphatic heterocycles. The van der Waals surface area contributed by atoms with E-state index in [4.69, 9.17) is 5.26 Å². The molecule has 1 N–H and O–H groups in total. The molecule has 0 saturated heterocycles. The Morgan fingerprint density at radius 1 is 1.41 bits per heavy atom. The van der Waals surface area contributed by atoms with Gasteiger partial charge in [-0.2, -0.15) is 5.26 Å². The van der Waals surface area contributed by atoms with Crippen LogP contribution in [0.2, 0.25) is 0 Å². The van der Waals surface area contributed by atoms with Crippen LogP contribution >= 0.6 is 11.8 Å². The third kappa shape index (κ3) is 4.80. The molecule has 0 bridgehead atoms. The van der Waals surface area contributed by atoms with Gasteiger partial charge in [0.2, 0.25) is 0 Å². The SMILES string of the molecule is CCCNC(C#N)CSc1cc(C)ccc1C. The lowest BCUT2D eigenvalue weighted by molar-refractivity contribution is 0.637. The predicted molar refractivity (Wildman–Crippen MR) is 74.3 cm³/mol. The fourth-order valence-electron chi connectivity index (χ4n) is 1.50. The van der Waals surface area contributed by atoms with Crippen molar-refractivity contribution in [3.05, 3.63) is 29.3 Å². The average molecular weight is 248 g/mol. The number of rotatable bonds is 6. The van der Waals surface area contributed by atoms with Crippen molar-refractivity contribution in [2.75, 3.05) is 12.3 Å². The third-order valence-corrected chi connectivity index (χ3v) is 3.80. The van der Waals surface area contributed by atoms with Crippen LogP contribution in [0.15, 0.2) is 23.1 Å². The van der Waals surface area contributed by atoms with Crippen molar-refractivity contribution in [2.24, 2.45) is 0 Å². The van der Waals surface area contributed by atoms with Gasteiger partial charge in [-0.1, -0.05) is 24.6 Å². The first-order valence-corrected chi connectivity index (χ1v) is 6.99. The van der Waals surface area contributed by atoms with E-state index >= 15 is 0 Å². The van der Waals surface area contributed by atoms with E-state index in [0.29, 0.717) is 0 Å². The lowest BCUT2D eigenvalue weighted by atomic mass is 10.2. The van der Waals surface area contributed by atoms with Crippen LogP contribution in [0.5, 0.6) is 0 Å². The standard InChI is InChI=1S/C14H20N2S/c1-4-7-16-13(9-15)10-17-14-8-11(2)5-6-12(14)3/h5-6,8,13,16H,4,7,10H2,1-3H3. The van der Waals surface area contributed by atoms with Gasteiger partial charge in [0.15, 0.2) is 0 Å². The van der Waals surface area contributed by atoms with E-state index in [0.717, 1.165) is 18.7 Å². The smallest absolute Gasteiger partial charge is 0.105 e. The van der Waals surface area contributed by atoms with Crippen LogP contribution in [-0.2, 0) is 0 Å². The Morgan fingerprint density at radius 3 is 2.82 bits per heavy atom. The number of nitrogens with zero attached hydrogens (tertiary/aromatic N) is 1. The highest BCUT2D eigenvalue weighted by atomic mass is 32.2. The minimum absolute atomic E-state index is 0.0557. The first kappa shape index (κ1) is 14.1. The summed E-state index contributed by atoms with van der Waals surface area (Å²) in [5.41, 5.74) is 2.56. The zero-order valence-corrected chi connectivity index (χ0v) is 11.6. The summed E-state index contributed by atoms with van der Waals surface area (Å²) in [6.07, 6.45) is 1.06. The first-order valence-electron chi connectivity index (χ1n) is 6.00. The maximum Gasteiger partial charge on any atom is 0.105 e. The molecular weight excluding hydrogens is 228 g/mol. The number of benzene rings is 1. The van der Waals surface area contributed by atoms with Crippen LogP contribution in [0, 0.1) is 25.2 Å². The fourth-order valence-corrected chi connectivity index (χ4v) is 2.60. The molecule has 0 radical (unpaired) electrons. The first-order chi connectivity index (χ1) is 8.17. The molecule has 17 heavy (non-hydrogen) atoms. The van der Waals surface area contributed by atoms with Crippen LogP contribution < -0.4 is 5.32 Å². The molecule has 0 aliphatic carbocycles. The molecule has 92 valence electrons. The minimum Gasteiger partial charge on any atom is -0.301 e. The van der Waals surface area contributed by atoms with Crippen LogP contribution in [0.25, 0.3) is 0 Å². The Balaban J connectivity index is 2.54. The largest absolute Gasteiger partial charge is 0.301 e. The molecule has 1 aromatic carbocycles. The molecular formula is C14H20N2S. The number of aryl methyl sites for hydroxylation is 2. The summed E-state index contributed by atoms with van der Waals surface area (Å²) in [7, 11) is 0. The zero-order chi connectivity index (χ0) is 12.7. The van der Waals surface area contributed by atoms with Gasteiger partial charge >= 0.3 is 0 Å². The highest BCUT2D eigenvalue weighted by Crippen LogP contribution is 2.23.